The molecule has 278 valence electrons. The minimum absolute atomic E-state index is 0.221. The molecule has 2 aromatic carbocycles. The van der Waals surface area contributed by atoms with Crippen LogP contribution in [-0.4, -0.2) is 86.4 Å². The van der Waals surface area contributed by atoms with E-state index in [9.17, 15) is 19.2 Å². The number of amides is 3. The summed E-state index contributed by atoms with van der Waals surface area (Å²) >= 11 is 1.29. The smallest absolute Gasteiger partial charge is 0.329 e. The fraction of sp³-hybridized carbons (Fsp3) is 0.474. The minimum Gasteiger partial charge on any atom is -0.494 e. The van der Waals surface area contributed by atoms with Gasteiger partial charge in [0.15, 0.2) is 5.01 Å². The number of benzene rings is 2. The van der Waals surface area contributed by atoms with Crippen LogP contribution in [0.15, 0.2) is 52.9 Å². The van der Waals surface area contributed by atoms with E-state index >= 15 is 0 Å². The van der Waals surface area contributed by atoms with Gasteiger partial charge in [0.25, 0.3) is 5.91 Å². The molecule has 3 amide bonds. The number of thiazole rings is 1. The highest BCUT2D eigenvalue weighted by molar-refractivity contribution is 7.11. The van der Waals surface area contributed by atoms with Crippen LogP contribution >= 0.6 is 11.3 Å². The maximum absolute atomic E-state index is 13.4. The van der Waals surface area contributed by atoms with Gasteiger partial charge in [-0.3, -0.25) is 33.5 Å². The number of hydrogen-bond acceptors (Lipinski definition) is 10. The number of methoxy groups -OCH3 is 1. The minimum atomic E-state index is -0.694. The molecule has 0 spiro atoms. The lowest BCUT2D eigenvalue weighted by Crippen LogP contribution is -2.45. The maximum atomic E-state index is 13.4. The number of nitrogens with one attached hydrogen (secondary N) is 2. The van der Waals surface area contributed by atoms with Crippen LogP contribution in [0.1, 0.15) is 73.3 Å². The summed E-state index contributed by atoms with van der Waals surface area (Å²) in [6.07, 6.45) is 10.7. The first-order valence-corrected chi connectivity index (χ1v) is 19.3. The molecule has 1 atom stereocenters. The summed E-state index contributed by atoms with van der Waals surface area (Å²) in [7, 11) is 5.62. The van der Waals surface area contributed by atoms with E-state index in [-0.39, 0.29) is 23.9 Å². The molecule has 1 aliphatic carbocycles. The molecule has 15 heteroatoms. The number of nitrogens with zero attached hydrogens (tertiary/aromatic N) is 7. The zero-order valence-corrected chi connectivity index (χ0v) is 31.1. The molecule has 2 saturated heterocycles. The largest absolute Gasteiger partial charge is 0.494 e. The van der Waals surface area contributed by atoms with Gasteiger partial charge < -0.3 is 19.9 Å². The molecule has 14 nitrogen and oxygen atoms in total. The van der Waals surface area contributed by atoms with Crippen molar-refractivity contribution in [1.29, 1.82) is 0 Å². The SMILES string of the molecule is COc1cc2nn(C3CCC(CN(C)C4CCN(c5cccc6c5n(C)c(=O)n6C5CCC(=O)NC5=O)CC4)CC3)cc2cc1NC(=O)c1nccs1. The highest BCUT2D eigenvalue weighted by Crippen LogP contribution is 2.37. The normalized spacial score (nSPS) is 21.4. The third kappa shape index (κ3) is 6.71. The summed E-state index contributed by atoms with van der Waals surface area (Å²) in [6.45, 7) is 2.83. The number of piperidine rings is 2. The second kappa shape index (κ2) is 14.4. The fourth-order valence-electron chi connectivity index (χ4n) is 8.64. The molecule has 53 heavy (non-hydrogen) atoms. The highest BCUT2D eigenvalue weighted by Gasteiger charge is 2.33. The van der Waals surface area contributed by atoms with Crippen molar-refractivity contribution in [2.24, 2.45) is 13.0 Å². The summed E-state index contributed by atoms with van der Waals surface area (Å²) < 4.78 is 10.9. The molecule has 1 saturated carbocycles. The van der Waals surface area contributed by atoms with Crippen LogP contribution in [0.2, 0.25) is 0 Å². The summed E-state index contributed by atoms with van der Waals surface area (Å²) in [5.74, 6) is 0.223. The number of fused-ring (bicyclic) bond motifs is 2. The van der Waals surface area contributed by atoms with Crippen molar-refractivity contribution in [3.63, 3.8) is 0 Å². The first-order chi connectivity index (χ1) is 25.7. The lowest BCUT2D eigenvalue weighted by Gasteiger charge is -2.40. The van der Waals surface area contributed by atoms with Gasteiger partial charge in [-0.25, -0.2) is 9.78 Å². The van der Waals surface area contributed by atoms with E-state index in [1.165, 1.54) is 11.3 Å². The Balaban J connectivity index is 0.869. The molecule has 5 aromatic rings. The van der Waals surface area contributed by atoms with Crippen LogP contribution in [0.4, 0.5) is 11.4 Å². The van der Waals surface area contributed by atoms with Crippen LogP contribution in [0, 0.1) is 5.92 Å². The van der Waals surface area contributed by atoms with E-state index in [4.69, 9.17) is 9.84 Å². The quantitative estimate of drug-likeness (QED) is 0.205. The number of aryl methyl sites for hydroxylation is 1. The summed E-state index contributed by atoms with van der Waals surface area (Å²) in [6, 6.07) is 9.85. The molecule has 0 bridgehead atoms. The topological polar surface area (TPSA) is 149 Å². The molecule has 5 heterocycles. The van der Waals surface area contributed by atoms with E-state index in [1.807, 2.05) is 24.3 Å². The van der Waals surface area contributed by atoms with E-state index in [1.54, 1.807) is 34.9 Å². The van der Waals surface area contributed by atoms with Crippen LogP contribution < -0.4 is 26.0 Å². The summed E-state index contributed by atoms with van der Waals surface area (Å²) in [4.78, 5) is 59.6. The van der Waals surface area contributed by atoms with E-state index in [2.05, 4.69) is 49.4 Å². The van der Waals surface area contributed by atoms with Crippen molar-refractivity contribution in [2.45, 2.75) is 69.5 Å². The van der Waals surface area contributed by atoms with Gasteiger partial charge in [-0.2, -0.15) is 5.10 Å². The molecule has 2 aliphatic heterocycles. The van der Waals surface area contributed by atoms with Crippen LogP contribution in [0.3, 0.4) is 0 Å². The Kier molecular flexibility index (Phi) is 9.53. The number of para-hydroxylation sites is 1. The molecule has 3 aromatic heterocycles. The Hall–Kier alpha value is -5.02. The molecule has 2 N–H and O–H groups in total. The zero-order chi connectivity index (χ0) is 36.8. The molecule has 8 rings (SSSR count). The number of anilines is 2. The van der Waals surface area contributed by atoms with E-state index in [0.29, 0.717) is 40.9 Å². The standard InChI is InChI=1S/C38H45N9O5S/c1-43(25-13-16-45(17-14-25)29-5-4-6-30-34(29)44(2)38(51)47(30)31-11-12-33(48)41-35(31)49)21-23-7-9-26(10-8-23)46-22-24-19-28(32(52-3)20-27(24)42-46)40-36(50)37-39-15-18-53-37/h4-6,15,18-20,22-23,25-26,31H,7-14,16-17,21H2,1-3H3,(H,40,50)(H,41,48,49). The van der Waals surface area contributed by atoms with Gasteiger partial charge in [0.2, 0.25) is 11.8 Å². The van der Waals surface area contributed by atoms with Crippen molar-refractivity contribution in [2.75, 3.05) is 44.0 Å². The third-order valence-corrected chi connectivity index (χ3v) is 12.3. The number of carbonyl (C=O) groups is 3. The van der Waals surface area contributed by atoms with E-state index < -0.39 is 11.9 Å². The number of ether oxygens (including phenoxy) is 1. The van der Waals surface area contributed by atoms with Gasteiger partial charge in [-0.05, 0) is 76.1 Å². The number of carbonyl (C=O) groups excluding carboxylic acids is 3. The maximum Gasteiger partial charge on any atom is 0.329 e. The number of rotatable bonds is 9. The van der Waals surface area contributed by atoms with Crippen LogP contribution in [0.5, 0.6) is 5.75 Å². The highest BCUT2D eigenvalue weighted by atomic mass is 32.1. The summed E-state index contributed by atoms with van der Waals surface area (Å²) in [5.41, 5.74) is 3.76. The Bertz CT molecular complexity index is 2230. The lowest BCUT2D eigenvalue weighted by atomic mass is 9.85. The Morgan fingerprint density at radius 2 is 1.87 bits per heavy atom. The number of hydrogen-bond donors (Lipinski definition) is 2. The van der Waals surface area contributed by atoms with E-state index in [0.717, 1.165) is 85.8 Å². The predicted octanol–water partition coefficient (Wildman–Crippen LogP) is 4.72. The Morgan fingerprint density at radius 3 is 2.58 bits per heavy atom. The average molecular weight is 740 g/mol. The lowest BCUT2D eigenvalue weighted by molar-refractivity contribution is -0.135. The molecular weight excluding hydrogens is 695 g/mol. The monoisotopic (exact) mass is 739 g/mol. The zero-order valence-electron chi connectivity index (χ0n) is 30.3. The first kappa shape index (κ1) is 35.0. The fourth-order valence-corrected chi connectivity index (χ4v) is 9.17. The second-order valence-corrected chi connectivity index (χ2v) is 15.6. The predicted molar refractivity (Wildman–Crippen MR) is 204 cm³/mol. The van der Waals surface area contributed by atoms with Gasteiger partial charge in [-0.1, -0.05) is 6.07 Å². The molecule has 3 fully saturated rings. The second-order valence-electron chi connectivity index (χ2n) is 14.7. The van der Waals surface area contributed by atoms with Crippen molar-refractivity contribution in [1.82, 2.24) is 34.1 Å². The number of imidazole rings is 1. The Labute approximate surface area is 310 Å². The average Bonchev–Trinajstić information content (AvgIpc) is 3.91. The van der Waals surface area contributed by atoms with Gasteiger partial charge >= 0.3 is 5.69 Å². The molecule has 0 radical (unpaired) electrons. The van der Waals surface area contributed by atoms with Gasteiger partial charge in [0.1, 0.15) is 11.8 Å². The van der Waals surface area contributed by atoms with Crippen molar-refractivity contribution < 1.29 is 19.1 Å². The number of imide groups is 1. The van der Waals surface area contributed by atoms with Crippen LogP contribution in [-0.2, 0) is 16.6 Å². The third-order valence-electron chi connectivity index (χ3n) is 11.5. The van der Waals surface area contributed by atoms with Gasteiger partial charge in [-0.15, -0.1) is 11.3 Å². The molecule has 1 unspecified atom stereocenters. The molecular formula is C38H45N9O5S. The number of aromatic nitrogens is 5. The van der Waals surface area contributed by atoms with Crippen molar-refractivity contribution in [3.8, 4) is 5.75 Å². The van der Waals surface area contributed by atoms with Crippen molar-refractivity contribution >= 4 is 62.4 Å². The Morgan fingerprint density at radius 1 is 1.08 bits per heavy atom. The summed E-state index contributed by atoms with van der Waals surface area (Å²) in [5, 5.41) is 13.4. The van der Waals surface area contributed by atoms with Gasteiger partial charge in [0.05, 0.1) is 41.1 Å². The molecule has 3 aliphatic rings. The first-order valence-electron chi connectivity index (χ1n) is 18.4. The van der Waals surface area contributed by atoms with Crippen LogP contribution in [0.25, 0.3) is 21.9 Å². The van der Waals surface area contributed by atoms with Gasteiger partial charge in [0, 0.05) is 68.4 Å². The van der Waals surface area contributed by atoms with Crippen molar-refractivity contribution in [3.05, 3.63) is 63.6 Å².